The van der Waals surface area contributed by atoms with Crippen molar-refractivity contribution in [2.75, 3.05) is 0 Å². The fourth-order valence-corrected chi connectivity index (χ4v) is 1.05. The first-order valence-electron chi connectivity index (χ1n) is 4.52. The second kappa shape index (κ2) is 3.47. The maximum Gasteiger partial charge on any atom is -0.0135 e. The van der Waals surface area contributed by atoms with Gasteiger partial charge in [0, 0.05) is 0 Å². The van der Waals surface area contributed by atoms with Gasteiger partial charge in [0.2, 0.25) is 0 Å². The summed E-state index contributed by atoms with van der Waals surface area (Å²) >= 11 is 0. The van der Waals surface area contributed by atoms with Crippen molar-refractivity contribution in [3.63, 3.8) is 0 Å². The quantitative estimate of drug-likeness (QED) is 0.512. The Morgan fingerprint density at radius 2 is 1.42 bits per heavy atom. The SMILES string of the molecule is C=C/C(=C/C(C)(C)C)C(C)(C)C. The molecule has 0 N–H and O–H groups in total. The molecule has 70 valence electrons. The maximum absolute atomic E-state index is 3.84. The van der Waals surface area contributed by atoms with E-state index in [2.05, 4.69) is 54.2 Å². The van der Waals surface area contributed by atoms with Crippen molar-refractivity contribution in [1.29, 1.82) is 0 Å². The van der Waals surface area contributed by atoms with Crippen LogP contribution in [0.3, 0.4) is 0 Å². The van der Waals surface area contributed by atoms with E-state index in [-0.39, 0.29) is 10.8 Å². The molecule has 12 heavy (non-hydrogen) atoms. The van der Waals surface area contributed by atoms with Gasteiger partial charge in [-0.25, -0.2) is 0 Å². The zero-order valence-corrected chi connectivity index (χ0v) is 9.36. The van der Waals surface area contributed by atoms with Gasteiger partial charge in [-0.3, -0.25) is 0 Å². The number of allylic oxidation sites excluding steroid dienone is 3. The molecule has 0 amide bonds. The van der Waals surface area contributed by atoms with Crippen LogP contribution in [0.15, 0.2) is 24.3 Å². The van der Waals surface area contributed by atoms with E-state index in [9.17, 15) is 0 Å². The summed E-state index contributed by atoms with van der Waals surface area (Å²) in [7, 11) is 0. The van der Waals surface area contributed by atoms with Gasteiger partial charge < -0.3 is 0 Å². The van der Waals surface area contributed by atoms with Gasteiger partial charge in [-0.1, -0.05) is 60.3 Å². The van der Waals surface area contributed by atoms with E-state index in [1.165, 1.54) is 5.57 Å². The lowest BCUT2D eigenvalue weighted by atomic mass is 9.81. The van der Waals surface area contributed by atoms with Gasteiger partial charge in [0.1, 0.15) is 0 Å². The first-order chi connectivity index (χ1) is 5.17. The van der Waals surface area contributed by atoms with Gasteiger partial charge in [-0.15, -0.1) is 0 Å². The monoisotopic (exact) mass is 166 g/mol. The third-order valence-electron chi connectivity index (χ3n) is 1.67. The summed E-state index contributed by atoms with van der Waals surface area (Å²) < 4.78 is 0. The average molecular weight is 166 g/mol. The second-order valence-electron chi connectivity index (χ2n) is 5.42. The predicted molar refractivity (Wildman–Crippen MR) is 57.2 cm³/mol. The lowest BCUT2D eigenvalue weighted by molar-refractivity contribution is 0.481. The molecule has 0 spiro atoms. The zero-order chi connectivity index (χ0) is 9.99. The molecular weight excluding hydrogens is 144 g/mol. The topological polar surface area (TPSA) is 0 Å². The van der Waals surface area contributed by atoms with Crippen LogP contribution in [0.1, 0.15) is 41.5 Å². The van der Waals surface area contributed by atoms with E-state index in [4.69, 9.17) is 0 Å². The van der Waals surface area contributed by atoms with Crippen LogP contribution >= 0.6 is 0 Å². The predicted octanol–water partition coefficient (Wildman–Crippen LogP) is 4.19. The Hall–Kier alpha value is -0.520. The molecule has 0 aliphatic carbocycles. The molecule has 0 saturated carbocycles. The lowest BCUT2D eigenvalue weighted by Crippen LogP contribution is -2.11. The highest BCUT2D eigenvalue weighted by Crippen LogP contribution is 2.30. The van der Waals surface area contributed by atoms with E-state index in [0.29, 0.717) is 0 Å². The van der Waals surface area contributed by atoms with Crippen molar-refractivity contribution in [3.8, 4) is 0 Å². The van der Waals surface area contributed by atoms with Gasteiger partial charge in [0.05, 0.1) is 0 Å². The fraction of sp³-hybridized carbons (Fsp3) is 0.667. The Morgan fingerprint density at radius 1 is 1.00 bits per heavy atom. The molecule has 0 bridgehead atoms. The van der Waals surface area contributed by atoms with E-state index < -0.39 is 0 Å². The maximum atomic E-state index is 3.84. The zero-order valence-electron chi connectivity index (χ0n) is 9.36. The molecule has 0 aliphatic rings. The Labute approximate surface area is 77.4 Å². The Balaban J connectivity index is 4.81. The summed E-state index contributed by atoms with van der Waals surface area (Å²) in [6.45, 7) is 17.1. The molecule has 0 heteroatoms. The van der Waals surface area contributed by atoms with Crippen LogP contribution in [0.25, 0.3) is 0 Å². The molecule has 0 saturated heterocycles. The molecule has 0 atom stereocenters. The van der Waals surface area contributed by atoms with Crippen molar-refractivity contribution in [2.24, 2.45) is 10.8 Å². The molecule has 0 nitrogen and oxygen atoms in total. The van der Waals surface area contributed by atoms with Crippen LogP contribution in [0.2, 0.25) is 0 Å². The smallest absolute Gasteiger partial charge is 0.0135 e. The summed E-state index contributed by atoms with van der Waals surface area (Å²) in [6.07, 6.45) is 4.26. The highest BCUT2D eigenvalue weighted by molar-refractivity contribution is 5.24. The first-order valence-corrected chi connectivity index (χ1v) is 4.52. The molecule has 0 aromatic rings. The van der Waals surface area contributed by atoms with Gasteiger partial charge >= 0.3 is 0 Å². The summed E-state index contributed by atoms with van der Waals surface area (Å²) in [5.74, 6) is 0. The van der Waals surface area contributed by atoms with Crippen LogP contribution in [0.4, 0.5) is 0 Å². The largest absolute Gasteiger partial charge is 0.0988 e. The third-order valence-corrected chi connectivity index (χ3v) is 1.67. The van der Waals surface area contributed by atoms with E-state index in [1.54, 1.807) is 0 Å². The van der Waals surface area contributed by atoms with E-state index in [0.717, 1.165) is 0 Å². The molecule has 0 aromatic heterocycles. The number of hydrogen-bond acceptors (Lipinski definition) is 0. The van der Waals surface area contributed by atoms with E-state index >= 15 is 0 Å². The normalized spacial score (nSPS) is 14.7. The fourth-order valence-electron chi connectivity index (χ4n) is 1.05. The minimum absolute atomic E-state index is 0.217. The van der Waals surface area contributed by atoms with Crippen molar-refractivity contribution in [2.45, 2.75) is 41.5 Å². The Bertz CT molecular complexity index is 181. The minimum Gasteiger partial charge on any atom is -0.0988 e. The van der Waals surface area contributed by atoms with Crippen molar-refractivity contribution >= 4 is 0 Å². The third kappa shape index (κ3) is 4.38. The standard InChI is InChI=1S/C12H22/c1-8-10(12(5,6)7)9-11(2,3)4/h8-9H,1H2,2-7H3/b10-9-. The van der Waals surface area contributed by atoms with Crippen molar-refractivity contribution in [1.82, 2.24) is 0 Å². The summed E-state index contributed by atoms with van der Waals surface area (Å²) in [5, 5.41) is 0. The van der Waals surface area contributed by atoms with E-state index in [1.807, 2.05) is 6.08 Å². The first kappa shape index (κ1) is 11.5. The van der Waals surface area contributed by atoms with Crippen molar-refractivity contribution < 1.29 is 0 Å². The molecule has 0 rings (SSSR count). The second-order valence-corrected chi connectivity index (χ2v) is 5.42. The van der Waals surface area contributed by atoms with Gasteiger partial charge in [-0.05, 0) is 16.4 Å². The molecule has 0 radical (unpaired) electrons. The van der Waals surface area contributed by atoms with Crippen LogP contribution in [-0.4, -0.2) is 0 Å². The molecule has 0 fully saturated rings. The number of rotatable bonds is 1. The highest BCUT2D eigenvalue weighted by atomic mass is 14.2. The summed E-state index contributed by atoms with van der Waals surface area (Å²) in [6, 6.07) is 0. The molecule has 0 aromatic carbocycles. The molecule has 0 heterocycles. The Morgan fingerprint density at radius 3 is 1.50 bits per heavy atom. The van der Waals surface area contributed by atoms with Crippen LogP contribution < -0.4 is 0 Å². The lowest BCUT2D eigenvalue weighted by Gasteiger charge is -2.24. The molecule has 0 unspecified atom stereocenters. The summed E-state index contributed by atoms with van der Waals surface area (Å²) in [4.78, 5) is 0. The van der Waals surface area contributed by atoms with Gasteiger partial charge in [0.15, 0.2) is 0 Å². The minimum atomic E-state index is 0.217. The molecule has 0 aliphatic heterocycles. The Kier molecular flexibility index (Phi) is 3.32. The average Bonchev–Trinajstić information content (AvgIpc) is 1.78. The summed E-state index contributed by atoms with van der Waals surface area (Å²) in [5.41, 5.74) is 1.79. The number of hydrogen-bond donors (Lipinski definition) is 0. The van der Waals surface area contributed by atoms with Gasteiger partial charge in [0.25, 0.3) is 0 Å². The van der Waals surface area contributed by atoms with Crippen LogP contribution in [0, 0.1) is 10.8 Å². The van der Waals surface area contributed by atoms with Crippen molar-refractivity contribution in [3.05, 3.63) is 24.3 Å². The molecular formula is C12H22. The highest BCUT2D eigenvalue weighted by Gasteiger charge is 2.17. The van der Waals surface area contributed by atoms with Gasteiger partial charge in [-0.2, -0.15) is 0 Å². The van der Waals surface area contributed by atoms with Crippen LogP contribution in [0.5, 0.6) is 0 Å². The van der Waals surface area contributed by atoms with Crippen LogP contribution in [-0.2, 0) is 0 Å².